The Morgan fingerprint density at radius 3 is 2.62 bits per heavy atom. The molecule has 2 heterocycles. The lowest BCUT2D eigenvalue weighted by molar-refractivity contribution is 0.125. The summed E-state index contributed by atoms with van der Waals surface area (Å²) in [6, 6.07) is 6.08. The molecule has 6 nitrogen and oxygen atoms in total. The van der Waals surface area contributed by atoms with Crippen LogP contribution in [0.5, 0.6) is 5.75 Å². The molecule has 3 aromatic rings. The van der Waals surface area contributed by atoms with Crippen molar-refractivity contribution in [1.82, 2.24) is 19.6 Å². The quantitative estimate of drug-likeness (QED) is 0.670. The maximum absolute atomic E-state index is 10.3. The van der Waals surface area contributed by atoms with E-state index in [0.29, 0.717) is 16.7 Å². The van der Waals surface area contributed by atoms with Gasteiger partial charge < -0.3 is 9.84 Å². The van der Waals surface area contributed by atoms with E-state index in [1.54, 1.807) is 4.52 Å². The fraction of sp³-hybridized carbons (Fsp3) is 0.421. The number of aryl methyl sites for hydroxylation is 4. The molecule has 0 bridgehead atoms. The van der Waals surface area contributed by atoms with Gasteiger partial charge in [-0.3, -0.25) is 0 Å². The summed E-state index contributed by atoms with van der Waals surface area (Å²) in [5.74, 6) is 1.90. The van der Waals surface area contributed by atoms with Gasteiger partial charge in [-0.15, -0.1) is 5.10 Å². The lowest BCUT2D eigenvalue weighted by Gasteiger charge is -2.16. The van der Waals surface area contributed by atoms with E-state index in [-0.39, 0.29) is 6.61 Å². The minimum absolute atomic E-state index is 0.238. The van der Waals surface area contributed by atoms with Crippen LogP contribution in [0.3, 0.4) is 0 Å². The zero-order valence-electron chi connectivity index (χ0n) is 15.8. The second kappa shape index (κ2) is 7.63. The van der Waals surface area contributed by atoms with Gasteiger partial charge in [-0.25, -0.2) is 9.50 Å². The molecule has 26 heavy (non-hydrogen) atoms. The van der Waals surface area contributed by atoms with E-state index < -0.39 is 6.10 Å². The lowest BCUT2D eigenvalue weighted by atomic mass is 10.1. The van der Waals surface area contributed by atoms with Gasteiger partial charge in [-0.05, 0) is 57.4 Å². The number of rotatable bonds is 6. The first-order valence-corrected chi connectivity index (χ1v) is 9.55. The summed E-state index contributed by atoms with van der Waals surface area (Å²) < 4.78 is 7.59. The van der Waals surface area contributed by atoms with Crippen LogP contribution in [0.25, 0.3) is 5.78 Å². The molecule has 0 aliphatic rings. The molecule has 0 amide bonds. The summed E-state index contributed by atoms with van der Waals surface area (Å²) in [6.07, 6.45) is -0.610. The molecule has 0 radical (unpaired) electrons. The Hall–Kier alpha value is -2.12. The fourth-order valence-corrected chi connectivity index (χ4v) is 3.48. The Balaban J connectivity index is 1.60. The summed E-state index contributed by atoms with van der Waals surface area (Å²) in [6.45, 7) is 10.3. The summed E-state index contributed by atoms with van der Waals surface area (Å²) >= 11 is 1.40. The fourth-order valence-electron chi connectivity index (χ4n) is 2.76. The van der Waals surface area contributed by atoms with Crippen LogP contribution in [0.1, 0.15) is 28.1 Å². The first-order chi connectivity index (χ1) is 12.3. The van der Waals surface area contributed by atoms with Gasteiger partial charge in [0.2, 0.25) is 5.16 Å². The van der Waals surface area contributed by atoms with Crippen LogP contribution >= 0.6 is 11.8 Å². The number of fused-ring (bicyclic) bond motifs is 1. The van der Waals surface area contributed by atoms with Crippen molar-refractivity contribution in [1.29, 1.82) is 0 Å². The van der Waals surface area contributed by atoms with E-state index in [1.807, 2.05) is 39.8 Å². The topological polar surface area (TPSA) is 72.5 Å². The normalized spacial score (nSPS) is 12.5. The van der Waals surface area contributed by atoms with Crippen molar-refractivity contribution in [2.45, 2.75) is 45.9 Å². The molecule has 1 N–H and O–H groups in total. The highest BCUT2D eigenvalue weighted by atomic mass is 32.2. The second-order valence-electron chi connectivity index (χ2n) is 6.57. The Bertz CT molecular complexity index is 939. The molecule has 0 spiro atoms. The number of nitrogens with zero attached hydrogens (tertiary/aromatic N) is 4. The third-order valence-corrected chi connectivity index (χ3v) is 5.28. The van der Waals surface area contributed by atoms with Crippen LogP contribution in [-0.2, 0) is 0 Å². The first kappa shape index (κ1) is 18.7. The van der Waals surface area contributed by atoms with Gasteiger partial charge in [0, 0.05) is 17.1 Å². The molecular formula is C19H24N4O2S. The summed E-state index contributed by atoms with van der Waals surface area (Å²) in [5, 5.41) is 15.3. The molecule has 1 atom stereocenters. The number of hydrogen-bond donors (Lipinski definition) is 1. The molecule has 7 heteroatoms. The van der Waals surface area contributed by atoms with Crippen LogP contribution in [-0.4, -0.2) is 43.2 Å². The molecule has 138 valence electrons. The van der Waals surface area contributed by atoms with Gasteiger partial charge in [0.15, 0.2) is 0 Å². The van der Waals surface area contributed by atoms with Crippen molar-refractivity contribution in [3.05, 3.63) is 46.3 Å². The van der Waals surface area contributed by atoms with E-state index in [9.17, 15) is 5.11 Å². The van der Waals surface area contributed by atoms with Crippen LogP contribution in [0.2, 0.25) is 0 Å². The van der Waals surface area contributed by atoms with Crippen molar-refractivity contribution < 1.29 is 9.84 Å². The van der Waals surface area contributed by atoms with Gasteiger partial charge in [0.05, 0.1) is 6.10 Å². The third-order valence-electron chi connectivity index (χ3n) is 4.30. The number of aromatic nitrogens is 4. The monoisotopic (exact) mass is 372 g/mol. The minimum Gasteiger partial charge on any atom is -0.490 e. The van der Waals surface area contributed by atoms with Crippen molar-refractivity contribution in [2.24, 2.45) is 0 Å². The minimum atomic E-state index is -0.610. The maximum Gasteiger partial charge on any atom is 0.253 e. The zero-order valence-corrected chi connectivity index (χ0v) is 16.6. The van der Waals surface area contributed by atoms with E-state index >= 15 is 0 Å². The Morgan fingerprint density at radius 2 is 1.85 bits per heavy atom. The average molecular weight is 372 g/mol. The predicted octanol–water partition coefficient (Wildman–Crippen LogP) is 3.20. The van der Waals surface area contributed by atoms with Crippen LogP contribution in [0.15, 0.2) is 23.4 Å². The number of benzene rings is 1. The molecule has 0 aliphatic heterocycles. The van der Waals surface area contributed by atoms with Gasteiger partial charge in [-0.2, -0.15) is 4.98 Å². The molecule has 0 fully saturated rings. The molecule has 2 aromatic heterocycles. The third kappa shape index (κ3) is 3.99. The maximum atomic E-state index is 10.3. The largest absolute Gasteiger partial charge is 0.490 e. The van der Waals surface area contributed by atoms with E-state index in [2.05, 4.69) is 28.1 Å². The number of ether oxygens (including phenoxy) is 1. The highest BCUT2D eigenvalue weighted by molar-refractivity contribution is 7.99. The second-order valence-corrected chi connectivity index (χ2v) is 7.56. The van der Waals surface area contributed by atoms with Crippen LogP contribution in [0, 0.1) is 34.6 Å². The molecule has 0 unspecified atom stereocenters. The number of aliphatic hydroxyl groups is 1. The van der Waals surface area contributed by atoms with Gasteiger partial charge in [0.1, 0.15) is 12.4 Å². The number of hydrogen-bond acceptors (Lipinski definition) is 6. The van der Waals surface area contributed by atoms with Gasteiger partial charge >= 0.3 is 0 Å². The van der Waals surface area contributed by atoms with Crippen molar-refractivity contribution in [3.63, 3.8) is 0 Å². The van der Waals surface area contributed by atoms with Crippen LogP contribution in [0.4, 0.5) is 0 Å². The number of thioether (sulfide) groups is 1. The molecule has 0 saturated carbocycles. The number of aliphatic hydroxyl groups excluding tert-OH is 1. The average Bonchev–Trinajstić information content (AvgIpc) is 3.00. The highest BCUT2D eigenvalue weighted by Gasteiger charge is 2.13. The Kier molecular flexibility index (Phi) is 5.48. The lowest BCUT2D eigenvalue weighted by Crippen LogP contribution is -2.20. The van der Waals surface area contributed by atoms with Crippen molar-refractivity contribution in [3.8, 4) is 5.75 Å². The molecule has 0 aliphatic carbocycles. The van der Waals surface area contributed by atoms with E-state index in [1.165, 1.54) is 17.3 Å². The Labute approximate surface area is 157 Å². The van der Waals surface area contributed by atoms with E-state index in [0.717, 1.165) is 28.3 Å². The summed E-state index contributed by atoms with van der Waals surface area (Å²) in [4.78, 5) is 8.79. The summed E-state index contributed by atoms with van der Waals surface area (Å²) in [7, 11) is 0. The highest BCUT2D eigenvalue weighted by Crippen LogP contribution is 2.26. The van der Waals surface area contributed by atoms with Crippen molar-refractivity contribution in [2.75, 3.05) is 12.4 Å². The Morgan fingerprint density at radius 1 is 1.12 bits per heavy atom. The van der Waals surface area contributed by atoms with E-state index in [4.69, 9.17) is 4.74 Å². The molecular weight excluding hydrogens is 348 g/mol. The summed E-state index contributed by atoms with van der Waals surface area (Å²) in [5.41, 5.74) is 5.27. The molecule has 0 saturated heterocycles. The predicted molar refractivity (Wildman–Crippen MR) is 103 cm³/mol. The molecule has 3 rings (SSSR count). The van der Waals surface area contributed by atoms with Crippen LogP contribution < -0.4 is 4.74 Å². The molecule has 1 aromatic carbocycles. The van der Waals surface area contributed by atoms with Gasteiger partial charge in [0.25, 0.3) is 5.78 Å². The van der Waals surface area contributed by atoms with Crippen molar-refractivity contribution >= 4 is 17.5 Å². The standard InChI is InChI=1S/C19H24N4O2S/c1-11-6-7-12(2)17(15(11)5)25-9-16(24)10-26-19-21-18-20-13(3)8-14(4)23(18)22-19/h6-8,16,24H,9-10H2,1-5H3/t16-/m1/s1. The first-order valence-electron chi connectivity index (χ1n) is 8.56. The van der Waals surface area contributed by atoms with Gasteiger partial charge in [-0.1, -0.05) is 23.9 Å². The smallest absolute Gasteiger partial charge is 0.253 e. The SMILES string of the molecule is Cc1cc(C)n2nc(SC[C@H](O)COc3c(C)ccc(C)c3C)nc2n1. The zero-order chi connectivity index (χ0) is 18.8.